The third kappa shape index (κ3) is 9.93. The van der Waals surface area contributed by atoms with Gasteiger partial charge >= 0.3 is 12.0 Å². The molecule has 2 saturated heterocycles. The van der Waals surface area contributed by atoms with Gasteiger partial charge in [-0.25, -0.2) is 4.79 Å². The molecule has 2 aromatic carbocycles. The Morgan fingerprint density at radius 3 is 2.36 bits per heavy atom. The van der Waals surface area contributed by atoms with Crippen LogP contribution in [0.15, 0.2) is 72.3 Å². The largest absolute Gasteiger partial charge is 0.481 e. The van der Waals surface area contributed by atoms with Crippen molar-refractivity contribution in [2.75, 3.05) is 37.6 Å². The number of carbonyl (C=O) groups is 3. The van der Waals surface area contributed by atoms with E-state index in [1.54, 1.807) is 11.8 Å². The summed E-state index contributed by atoms with van der Waals surface area (Å²) in [4.78, 5) is 41.4. The number of allylic oxidation sites excluding steroid dienone is 1. The highest BCUT2D eigenvalue weighted by Crippen LogP contribution is 2.36. The number of benzene rings is 2. The first-order valence-corrected chi connectivity index (χ1v) is 16.3. The van der Waals surface area contributed by atoms with Crippen LogP contribution in [0.25, 0.3) is 0 Å². The fourth-order valence-corrected chi connectivity index (χ4v) is 5.94. The van der Waals surface area contributed by atoms with Gasteiger partial charge in [-0.1, -0.05) is 66.6 Å². The monoisotopic (exact) mass is 636 g/mol. The van der Waals surface area contributed by atoms with Crippen molar-refractivity contribution in [3.05, 3.63) is 88.5 Å². The molecule has 244 valence electrons. The maximum atomic E-state index is 13.6. The number of anilines is 1. The van der Waals surface area contributed by atoms with Crippen molar-refractivity contribution in [1.82, 2.24) is 15.1 Å². The molecule has 0 aromatic heterocycles. The SMILES string of the molecule is C/C=C(\C)CNCCC(CC)N1C(=O)N(c2ccc(C)cc2)CC1c1cccc(Cl)c1.C=C(C)C(=O)N1CCC(C(=O)O)CC1. The molecule has 0 bridgehead atoms. The number of hydrogen-bond donors (Lipinski definition) is 2. The number of rotatable bonds is 11. The summed E-state index contributed by atoms with van der Waals surface area (Å²) in [5.74, 6) is -1.11. The van der Waals surface area contributed by atoms with Crippen LogP contribution in [0.3, 0.4) is 0 Å². The molecule has 0 saturated carbocycles. The van der Waals surface area contributed by atoms with Crippen molar-refractivity contribution in [3.8, 4) is 0 Å². The van der Waals surface area contributed by atoms with Gasteiger partial charge in [-0.05, 0) is 89.8 Å². The lowest BCUT2D eigenvalue weighted by Gasteiger charge is -2.32. The number of carboxylic acid groups (broad SMARTS) is 1. The second-order valence-corrected chi connectivity index (χ2v) is 12.5. The number of aliphatic carboxylic acids is 1. The average Bonchev–Trinajstić information content (AvgIpc) is 3.37. The predicted molar refractivity (Wildman–Crippen MR) is 183 cm³/mol. The normalized spacial score (nSPS) is 18.0. The second-order valence-electron chi connectivity index (χ2n) is 12.1. The minimum atomic E-state index is -0.757. The van der Waals surface area contributed by atoms with Crippen LogP contribution in [0.1, 0.15) is 70.5 Å². The molecule has 0 radical (unpaired) electrons. The van der Waals surface area contributed by atoms with E-state index in [1.807, 2.05) is 35.2 Å². The first-order chi connectivity index (χ1) is 21.5. The number of urea groups is 1. The molecule has 9 heteroatoms. The number of carboxylic acids is 1. The van der Waals surface area contributed by atoms with Gasteiger partial charge in [0.05, 0.1) is 18.5 Å². The van der Waals surface area contributed by atoms with Gasteiger partial charge in [0, 0.05) is 42.0 Å². The van der Waals surface area contributed by atoms with Gasteiger partial charge < -0.3 is 20.2 Å². The zero-order valence-corrected chi connectivity index (χ0v) is 28.1. The van der Waals surface area contributed by atoms with Crippen molar-refractivity contribution >= 4 is 35.2 Å². The number of nitrogens with one attached hydrogen (secondary N) is 1. The Labute approximate surface area is 273 Å². The van der Waals surface area contributed by atoms with Crippen molar-refractivity contribution in [2.45, 2.75) is 72.4 Å². The Balaban J connectivity index is 0.000000330. The molecule has 3 amide bonds. The number of piperidine rings is 1. The summed E-state index contributed by atoms with van der Waals surface area (Å²) in [7, 11) is 0. The van der Waals surface area contributed by atoms with Gasteiger partial charge in [-0.2, -0.15) is 0 Å². The molecule has 2 aliphatic heterocycles. The number of amides is 3. The summed E-state index contributed by atoms with van der Waals surface area (Å²) in [5, 5.41) is 13.0. The van der Waals surface area contributed by atoms with Crippen LogP contribution in [-0.2, 0) is 9.59 Å². The molecule has 4 rings (SSSR count). The fraction of sp³-hybridized carbons (Fsp3) is 0.472. The molecule has 8 nitrogen and oxygen atoms in total. The van der Waals surface area contributed by atoms with Gasteiger partial charge in [0.15, 0.2) is 0 Å². The maximum absolute atomic E-state index is 13.6. The van der Waals surface area contributed by atoms with E-state index in [0.717, 1.165) is 37.2 Å². The lowest BCUT2D eigenvalue weighted by Crippen LogP contribution is -2.41. The third-order valence-corrected chi connectivity index (χ3v) is 8.87. The Kier molecular flexibility index (Phi) is 13.7. The first-order valence-electron chi connectivity index (χ1n) is 15.9. The first kappa shape index (κ1) is 35.9. The van der Waals surface area contributed by atoms with Crippen molar-refractivity contribution in [1.29, 1.82) is 0 Å². The highest BCUT2D eigenvalue weighted by molar-refractivity contribution is 6.30. The van der Waals surface area contributed by atoms with Gasteiger partial charge in [0.1, 0.15) is 0 Å². The summed E-state index contributed by atoms with van der Waals surface area (Å²) in [5.41, 5.74) is 5.06. The third-order valence-electron chi connectivity index (χ3n) is 8.63. The fourth-order valence-electron chi connectivity index (χ4n) is 5.74. The average molecular weight is 637 g/mol. The molecule has 2 aromatic rings. The molecule has 45 heavy (non-hydrogen) atoms. The van der Waals surface area contributed by atoms with Gasteiger partial charge in [0.2, 0.25) is 5.91 Å². The molecule has 0 spiro atoms. The molecular formula is C36H49ClN4O4. The zero-order valence-electron chi connectivity index (χ0n) is 27.4. The number of nitrogens with zero attached hydrogens (tertiary/aromatic N) is 3. The number of likely N-dealkylation sites (tertiary alicyclic amines) is 1. The van der Waals surface area contributed by atoms with Crippen LogP contribution in [0.5, 0.6) is 0 Å². The standard InChI is InChI=1S/C26H34ClN3O.C10H15NO3/c1-5-19(3)17-28-15-14-23(6-2)30-25(21-8-7-9-22(27)16-21)18-29(26(30)31)24-12-10-20(4)11-13-24;1-7(2)9(12)11-5-3-8(4-6-11)10(13)14/h5,7-13,16,23,25,28H,6,14-15,17-18H2,1-4H3;8H,1,3-6H2,2H3,(H,13,14)/b19-5+;. The Bertz CT molecular complexity index is 1350. The van der Waals surface area contributed by atoms with E-state index in [2.05, 4.69) is 68.8 Å². The van der Waals surface area contributed by atoms with Crippen LogP contribution in [-0.4, -0.2) is 71.6 Å². The summed E-state index contributed by atoms with van der Waals surface area (Å²) in [6.45, 7) is 17.1. The highest BCUT2D eigenvalue weighted by Gasteiger charge is 2.42. The van der Waals surface area contributed by atoms with E-state index in [0.29, 0.717) is 43.1 Å². The summed E-state index contributed by atoms with van der Waals surface area (Å²) < 4.78 is 0. The van der Waals surface area contributed by atoms with Crippen LogP contribution < -0.4 is 10.2 Å². The van der Waals surface area contributed by atoms with Crippen LogP contribution in [0.4, 0.5) is 10.5 Å². The molecule has 2 aliphatic rings. The van der Waals surface area contributed by atoms with Gasteiger partial charge in [-0.3, -0.25) is 14.5 Å². The molecule has 2 atom stereocenters. The van der Waals surface area contributed by atoms with E-state index in [1.165, 1.54) is 11.1 Å². The van der Waals surface area contributed by atoms with E-state index in [-0.39, 0.29) is 29.9 Å². The molecular weight excluding hydrogens is 588 g/mol. The lowest BCUT2D eigenvalue weighted by molar-refractivity contribution is -0.145. The second kappa shape index (κ2) is 17.2. The Morgan fingerprint density at radius 1 is 1.13 bits per heavy atom. The van der Waals surface area contributed by atoms with E-state index < -0.39 is 5.97 Å². The van der Waals surface area contributed by atoms with E-state index >= 15 is 0 Å². The predicted octanol–water partition coefficient (Wildman–Crippen LogP) is 7.24. The van der Waals surface area contributed by atoms with Crippen LogP contribution in [0.2, 0.25) is 5.02 Å². The number of aryl methyl sites for hydroxylation is 1. The lowest BCUT2D eigenvalue weighted by atomic mass is 9.97. The number of halogens is 1. The molecule has 0 aliphatic carbocycles. The molecule has 2 N–H and O–H groups in total. The maximum Gasteiger partial charge on any atom is 0.325 e. The zero-order chi connectivity index (χ0) is 33.1. The number of carbonyl (C=O) groups excluding carboxylic acids is 2. The van der Waals surface area contributed by atoms with Gasteiger partial charge in [0.25, 0.3) is 0 Å². The quantitative estimate of drug-likeness (QED) is 0.154. The summed E-state index contributed by atoms with van der Waals surface area (Å²) >= 11 is 6.31. The van der Waals surface area contributed by atoms with Crippen LogP contribution >= 0.6 is 11.6 Å². The van der Waals surface area contributed by atoms with Crippen molar-refractivity contribution in [3.63, 3.8) is 0 Å². The summed E-state index contributed by atoms with van der Waals surface area (Å²) in [6.07, 6.45) is 5.05. The topological polar surface area (TPSA) is 93.2 Å². The van der Waals surface area contributed by atoms with Crippen LogP contribution in [0, 0.1) is 12.8 Å². The molecule has 2 unspecified atom stereocenters. The van der Waals surface area contributed by atoms with E-state index in [4.69, 9.17) is 16.7 Å². The van der Waals surface area contributed by atoms with Crippen molar-refractivity contribution < 1.29 is 19.5 Å². The minimum absolute atomic E-state index is 0.0188. The minimum Gasteiger partial charge on any atom is -0.481 e. The smallest absolute Gasteiger partial charge is 0.325 e. The Hall–Kier alpha value is -3.62. The van der Waals surface area contributed by atoms with Crippen molar-refractivity contribution in [2.24, 2.45) is 5.92 Å². The van der Waals surface area contributed by atoms with E-state index in [9.17, 15) is 14.4 Å². The Morgan fingerprint density at radius 2 is 1.80 bits per heavy atom. The highest BCUT2D eigenvalue weighted by atomic mass is 35.5. The van der Waals surface area contributed by atoms with Gasteiger partial charge in [-0.15, -0.1) is 0 Å². The molecule has 2 fully saturated rings. The number of hydrogen-bond acceptors (Lipinski definition) is 4. The molecule has 2 heterocycles. The summed E-state index contributed by atoms with van der Waals surface area (Å²) in [6, 6.07) is 16.3.